The fraction of sp³-hybridized carbons (Fsp3) is 0.440. The van der Waals surface area contributed by atoms with Gasteiger partial charge in [0.15, 0.2) is 0 Å². The largest absolute Gasteiger partial charge is 0.481 e. The maximum Gasteiger partial charge on any atom is 0.326 e. The number of hydrogen-bond donors (Lipinski definition) is 9. The lowest BCUT2D eigenvalue weighted by molar-refractivity contribution is -0.143. The van der Waals surface area contributed by atoms with Crippen molar-refractivity contribution in [2.45, 2.75) is 69.3 Å². The number of carbonyl (C=O) groups is 6. The Hall–Kier alpha value is -4.50. The van der Waals surface area contributed by atoms with Crippen molar-refractivity contribution >= 4 is 46.5 Å². The summed E-state index contributed by atoms with van der Waals surface area (Å²) in [4.78, 5) is 75.4. The molecule has 0 spiro atoms. The molecule has 5 atom stereocenters. The van der Waals surface area contributed by atoms with Crippen molar-refractivity contribution in [3.05, 3.63) is 36.0 Å². The smallest absolute Gasteiger partial charge is 0.326 e. The van der Waals surface area contributed by atoms with E-state index in [9.17, 15) is 39.0 Å². The second-order valence-corrected chi connectivity index (χ2v) is 9.29. The first-order valence-electron chi connectivity index (χ1n) is 12.4. The lowest BCUT2D eigenvalue weighted by Gasteiger charge is -2.26. The second-order valence-electron chi connectivity index (χ2n) is 9.29. The number of H-pyrrole nitrogens is 1. The van der Waals surface area contributed by atoms with Gasteiger partial charge in [-0.1, -0.05) is 18.2 Å². The van der Waals surface area contributed by atoms with Crippen LogP contribution >= 0.6 is 0 Å². The highest BCUT2D eigenvalue weighted by molar-refractivity contribution is 5.95. The van der Waals surface area contributed by atoms with Crippen molar-refractivity contribution in [1.82, 2.24) is 20.9 Å². The highest BCUT2D eigenvalue weighted by atomic mass is 16.4. The summed E-state index contributed by atoms with van der Waals surface area (Å²) in [6, 6.07) is 1.40. The van der Waals surface area contributed by atoms with E-state index in [1.807, 2.05) is 0 Å². The Labute approximate surface area is 228 Å². The van der Waals surface area contributed by atoms with Crippen LogP contribution in [0.1, 0.15) is 38.2 Å². The van der Waals surface area contributed by atoms with E-state index in [0.717, 1.165) is 10.9 Å². The fourth-order valence-electron chi connectivity index (χ4n) is 3.88. The Bertz CT molecular complexity index is 1240. The number of carboxylic acid groups (broad SMARTS) is 2. The molecule has 218 valence electrons. The summed E-state index contributed by atoms with van der Waals surface area (Å²) < 4.78 is 0. The van der Waals surface area contributed by atoms with Crippen LogP contribution in [-0.2, 0) is 35.2 Å². The normalized spacial score (nSPS) is 14.8. The van der Waals surface area contributed by atoms with Crippen LogP contribution in [0.3, 0.4) is 0 Å². The number of aromatic amines is 1. The van der Waals surface area contributed by atoms with E-state index >= 15 is 0 Å². The number of amides is 4. The van der Waals surface area contributed by atoms with Gasteiger partial charge in [0.25, 0.3) is 0 Å². The highest BCUT2D eigenvalue weighted by Gasteiger charge is 2.33. The quantitative estimate of drug-likeness (QED) is 0.109. The third kappa shape index (κ3) is 9.36. The van der Waals surface area contributed by atoms with Gasteiger partial charge in [0, 0.05) is 36.4 Å². The van der Waals surface area contributed by atoms with Crippen molar-refractivity contribution < 1.29 is 44.1 Å². The van der Waals surface area contributed by atoms with Crippen LogP contribution in [0.15, 0.2) is 30.5 Å². The number of rotatable bonds is 16. The minimum Gasteiger partial charge on any atom is -0.481 e. The van der Waals surface area contributed by atoms with E-state index < -0.39 is 78.7 Å². The summed E-state index contributed by atoms with van der Waals surface area (Å²) >= 11 is 0. The van der Waals surface area contributed by atoms with Crippen LogP contribution in [0.2, 0.25) is 0 Å². The van der Waals surface area contributed by atoms with Gasteiger partial charge >= 0.3 is 11.9 Å². The predicted molar refractivity (Wildman–Crippen MR) is 140 cm³/mol. The summed E-state index contributed by atoms with van der Waals surface area (Å²) in [6.07, 6.45) is -1.16. The molecule has 0 aliphatic rings. The molecule has 15 nitrogen and oxygen atoms in total. The molecule has 1 aromatic heterocycles. The monoisotopic (exact) mass is 562 g/mol. The van der Waals surface area contributed by atoms with Crippen LogP contribution in [0.25, 0.3) is 10.9 Å². The fourth-order valence-corrected chi connectivity index (χ4v) is 3.88. The zero-order chi connectivity index (χ0) is 30.0. The molecule has 1 heterocycles. The number of carboxylic acids is 2. The third-order valence-corrected chi connectivity index (χ3v) is 6.09. The molecule has 15 heteroatoms. The molecule has 0 saturated carbocycles. The lowest BCUT2D eigenvalue weighted by atomic mass is 10.0. The number of benzene rings is 1. The molecule has 4 amide bonds. The van der Waals surface area contributed by atoms with Crippen molar-refractivity contribution in [1.29, 1.82) is 0 Å². The van der Waals surface area contributed by atoms with Crippen LogP contribution in [0, 0.1) is 0 Å². The van der Waals surface area contributed by atoms with Gasteiger partial charge in [0.2, 0.25) is 23.6 Å². The molecular formula is C25H34N6O9. The van der Waals surface area contributed by atoms with Crippen LogP contribution in [0.5, 0.6) is 0 Å². The topological polar surface area (TPSA) is 267 Å². The third-order valence-electron chi connectivity index (χ3n) is 6.09. The number of hydrogen-bond acceptors (Lipinski definition) is 8. The summed E-state index contributed by atoms with van der Waals surface area (Å²) in [5.41, 5.74) is 12.1. The standard InChI is InChI=1S/C25H34N6O9/c1-12(32)21(31-22(36)15(26)6-8-19(27)33)24(38)30-18(10-13-11-28-16-5-3-2-4-14(13)16)23(37)29-17(25(39)40)7-9-20(34)35/h2-5,11-12,15,17-18,21,28,32H,6-10,26H2,1H3,(H2,27,33)(H,29,37)(H,30,38)(H,31,36)(H,34,35)(H,39,40). The Balaban J connectivity index is 2.28. The first-order valence-corrected chi connectivity index (χ1v) is 12.4. The zero-order valence-electron chi connectivity index (χ0n) is 21.8. The van der Waals surface area contributed by atoms with Gasteiger partial charge in [-0.25, -0.2) is 4.79 Å². The molecule has 1 aromatic carbocycles. The second kappa shape index (κ2) is 14.6. The van der Waals surface area contributed by atoms with Crippen molar-refractivity contribution in [3.63, 3.8) is 0 Å². The van der Waals surface area contributed by atoms with Gasteiger partial charge in [-0.15, -0.1) is 0 Å². The first-order chi connectivity index (χ1) is 18.8. The Morgan fingerprint density at radius 1 is 0.900 bits per heavy atom. The van der Waals surface area contributed by atoms with Gasteiger partial charge < -0.3 is 47.7 Å². The van der Waals surface area contributed by atoms with Gasteiger partial charge in [-0.2, -0.15) is 0 Å². The molecule has 0 saturated heterocycles. The number of primary amides is 1. The number of aliphatic carboxylic acids is 2. The lowest BCUT2D eigenvalue weighted by Crippen LogP contribution is -2.60. The number of aromatic nitrogens is 1. The van der Waals surface area contributed by atoms with E-state index in [4.69, 9.17) is 16.6 Å². The number of aliphatic hydroxyl groups is 1. The van der Waals surface area contributed by atoms with Crippen LogP contribution in [0.4, 0.5) is 0 Å². The van der Waals surface area contributed by atoms with Gasteiger partial charge in [-0.05, 0) is 31.4 Å². The molecule has 0 aliphatic heterocycles. The minimum absolute atomic E-state index is 0.103. The molecule has 2 aromatic rings. The molecule has 2 rings (SSSR count). The van der Waals surface area contributed by atoms with Gasteiger partial charge in [-0.3, -0.25) is 24.0 Å². The highest BCUT2D eigenvalue weighted by Crippen LogP contribution is 2.19. The Morgan fingerprint density at radius 3 is 2.15 bits per heavy atom. The average Bonchev–Trinajstić information content (AvgIpc) is 3.29. The van der Waals surface area contributed by atoms with E-state index in [-0.39, 0.29) is 19.3 Å². The maximum absolute atomic E-state index is 13.2. The van der Waals surface area contributed by atoms with Crippen molar-refractivity contribution in [3.8, 4) is 0 Å². The molecule has 40 heavy (non-hydrogen) atoms. The van der Waals surface area contributed by atoms with Crippen LogP contribution in [-0.4, -0.2) is 86.1 Å². The number of nitrogens with one attached hydrogen (secondary N) is 4. The molecule has 11 N–H and O–H groups in total. The van der Waals surface area contributed by atoms with E-state index in [1.54, 1.807) is 30.5 Å². The van der Waals surface area contributed by atoms with Crippen molar-refractivity contribution in [2.24, 2.45) is 11.5 Å². The Morgan fingerprint density at radius 2 is 1.55 bits per heavy atom. The molecule has 0 aliphatic carbocycles. The summed E-state index contributed by atoms with van der Waals surface area (Å²) in [7, 11) is 0. The molecular weight excluding hydrogens is 528 g/mol. The number of fused-ring (bicyclic) bond motifs is 1. The van der Waals surface area contributed by atoms with E-state index in [0.29, 0.717) is 5.56 Å². The van der Waals surface area contributed by atoms with Crippen LogP contribution < -0.4 is 27.4 Å². The zero-order valence-corrected chi connectivity index (χ0v) is 21.8. The number of carbonyl (C=O) groups excluding carboxylic acids is 4. The minimum atomic E-state index is -1.56. The summed E-state index contributed by atoms with van der Waals surface area (Å²) in [6.45, 7) is 1.22. The maximum atomic E-state index is 13.2. The summed E-state index contributed by atoms with van der Waals surface area (Å²) in [5, 5.41) is 36.3. The average molecular weight is 563 g/mol. The van der Waals surface area contributed by atoms with E-state index in [2.05, 4.69) is 20.9 Å². The number of para-hydroxylation sites is 1. The number of nitrogens with two attached hydrogens (primary N) is 2. The summed E-state index contributed by atoms with van der Waals surface area (Å²) in [5.74, 6) is -6.14. The molecule has 5 unspecified atom stereocenters. The van der Waals surface area contributed by atoms with E-state index in [1.165, 1.54) is 6.92 Å². The van der Waals surface area contributed by atoms with Gasteiger partial charge in [0.05, 0.1) is 12.1 Å². The van der Waals surface area contributed by atoms with Crippen molar-refractivity contribution in [2.75, 3.05) is 0 Å². The SMILES string of the molecule is CC(O)C(NC(=O)C(N)CCC(N)=O)C(=O)NC(Cc1c[nH]c2ccccc12)C(=O)NC(CCC(=O)O)C(=O)O. The number of aliphatic hydroxyl groups excluding tert-OH is 1. The molecule has 0 fully saturated rings. The molecule has 0 bridgehead atoms. The first kappa shape index (κ1) is 31.7. The molecule has 0 radical (unpaired) electrons. The van der Waals surface area contributed by atoms with Gasteiger partial charge in [0.1, 0.15) is 18.1 Å². The predicted octanol–water partition coefficient (Wildman–Crippen LogP) is -1.91. The Kier molecular flexibility index (Phi) is 11.6.